The van der Waals surface area contributed by atoms with Gasteiger partial charge in [0.2, 0.25) is 0 Å². The molecule has 0 amide bonds. The van der Waals surface area contributed by atoms with E-state index < -0.39 is 18.2 Å². The SMILES string of the molecule is CCOC(=O)CC(O)C(O)c1csc(C#N)c1. The molecule has 2 unspecified atom stereocenters. The maximum atomic E-state index is 11.1. The largest absolute Gasteiger partial charge is 0.466 e. The van der Waals surface area contributed by atoms with Crippen LogP contribution in [0.1, 0.15) is 29.9 Å². The van der Waals surface area contributed by atoms with Gasteiger partial charge in [-0.3, -0.25) is 4.79 Å². The number of rotatable bonds is 5. The molecule has 92 valence electrons. The van der Waals surface area contributed by atoms with Crippen molar-refractivity contribution < 1.29 is 19.7 Å². The first-order valence-corrected chi connectivity index (χ1v) is 5.96. The molecule has 1 aromatic rings. The summed E-state index contributed by atoms with van der Waals surface area (Å²) in [5.74, 6) is -0.560. The zero-order chi connectivity index (χ0) is 12.8. The van der Waals surface area contributed by atoms with Crippen LogP contribution in [0.3, 0.4) is 0 Å². The van der Waals surface area contributed by atoms with Crippen LogP contribution in [-0.2, 0) is 9.53 Å². The minimum atomic E-state index is -1.23. The van der Waals surface area contributed by atoms with Gasteiger partial charge in [0, 0.05) is 0 Å². The fourth-order valence-electron chi connectivity index (χ4n) is 1.29. The molecule has 0 saturated carbocycles. The number of hydrogen-bond acceptors (Lipinski definition) is 6. The van der Waals surface area contributed by atoms with E-state index in [4.69, 9.17) is 5.26 Å². The molecule has 6 heteroatoms. The highest BCUT2D eigenvalue weighted by molar-refractivity contribution is 7.10. The smallest absolute Gasteiger partial charge is 0.308 e. The third-order valence-electron chi connectivity index (χ3n) is 2.12. The zero-order valence-corrected chi connectivity index (χ0v) is 10.1. The Morgan fingerprint density at radius 1 is 1.65 bits per heavy atom. The van der Waals surface area contributed by atoms with Gasteiger partial charge in [-0.25, -0.2) is 0 Å². The molecule has 0 aliphatic carbocycles. The van der Waals surface area contributed by atoms with Gasteiger partial charge in [0.15, 0.2) is 0 Å². The van der Waals surface area contributed by atoms with Crippen molar-refractivity contribution in [3.63, 3.8) is 0 Å². The summed E-state index contributed by atoms with van der Waals surface area (Å²) in [6.07, 6.45) is -2.68. The number of esters is 1. The number of nitrogens with zero attached hydrogens (tertiary/aromatic N) is 1. The van der Waals surface area contributed by atoms with Gasteiger partial charge >= 0.3 is 5.97 Å². The van der Waals surface area contributed by atoms with E-state index in [-0.39, 0.29) is 13.0 Å². The van der Waals surface area contributed by atoms with Crippen LogP contribution in [0.5, 0.6) is 0 Å². The molecule has 2 atom stereocenters. The molecule has 1 rings (SSSR count). The van der Waals surface area contributed by atoms with E-state index >= 15 is 0 Å². The molecule has 0 bridgehead atoms. The van der Waals surface area contributed by atoms with E-state index in [1.165, 1.54) is 17.4 Å². The van der Waals surface area contributed by atoms with Gasteiger partial charge in [0.05, 0.1) is 19.1 Å². The summed E-state index contributed by atoms with van der Waals surface area (Å²) < 4.78 is 4.67. The van der Waals surface area contributed by atoms with Crippen LogP contribution in [0, 0.1) is 11.3 Å². The summed E-state index contributed by atoms with van der Waals surface area (Å²) in [7, 11) is 0. The Hall–Kier alpha value is -1.42. The number of carbonyl (C=O) groups excluding carboxylic acids is 1. The molecular formula is C11H13NO4S. The average molecular weight is 255 g/mol. The highest BCUT2D eigenvalue weighted by Crippen LogP contribution is 2.24. The molecule has 0 aromatic carbocycles. The lowest BCUT2D eigenvalue weighted by Crippen LogP contribution is -2.22. The Bertz CT molecular complexity index is 423. The van der Waals surface area contributed by atoms with Gasteiger partial charge in [-0.2, -0.15) is 5.26 Å². The van der Waals surface area contributed by atoms with Crippen molar-refractivity contribution >= 4 is 17.3 Å². The first-order valence-electron chi connectivity index (χ1n) is 5.08. The van der Waals surface area contributed by atoms with Gasteiger partial charge in [0.25, 0.3) is 0 Å². The molecule has 0 aliphatic rings. The van der Waals surface area contributed by atoms with E-state index in [9.17, 15) is 15.0 Å². The lowest BCUT2D eigenvalue weighted by molar-refractivity contribution is -0.147. The Morgan fingerprint density at radius 2 is 2.35 bits per heavy atom. The molecule has 0 spiro atoms. The predicted octanol–water partition coefficient (Wildman–Crippen LogP) is 0.967. The van der Waals surface area contributed by atoms with Crippen molar-refractivity contribution in [1.82, 2.24) is 0 Å². The third kappa shape index (κ3) is 3.82. The Balaban J connectivity index is 2.60. The summed E-state index contributed by atoms with van der Waals surface area (Å²) in [6, 6.07) is 3.43. The normalized spacial score (nSPS) is 13.8. The van der Waals surface area contributed by atoms with E-state index in [2.05, 4.69) is 4.74 Å². The quantitative estimate of drug-likeness (QED) is 0.765. The van der Waals surface area contributed by atoms with Crippen LogP contribution in [0.25, 0.3) is 0 Å². The van der Waals surface area contributed by atoms with Crippen molar-refractivity contribution in [3.05, 3.63) is 21.9 Å². The van der Waals surface area contributed by atoms with Crippen LogP contribution in [0.4, 0.5) is 0 Å². The summed E-state index contributed by atoms with van der Waals surface area (Å²) in [5.41, 5.74) is 0.434. The molecule has 0 aliphatic heterocycles. The van der Waals surface area contributed by atoms with Crippen LogP contribution < -0.4 is 0 Å². The summed E-state index contributed by atoms with van der Waals surface area (Å²) in [6.45, 7) is 1.90. The second kappa shape index (κ2) is 6.35. The van der Waals surface area contributed by atoms with Gasteiger partial charge in [-0.1, -0.05) is 0 Å². The minimum Gasteiger partial charge on any atom is -0.466 e. The Morgan fingerprint density at radius 3 is 2.88 bits per heavy atom. The van der Waals surface area contributed by atoms with Crippen molar-refractivity contribution in [2.75, 3.05) is 6.61 Å². The van der Waals surface area contributed by atoms with Gasteiger partial charge in [0.1, 0.15) is 17.1 Å². The molecule has 0 radical (unpaired) electrons. The average Bonchev–Trinajstić information content (AvgIpc) is 2.76. The highest BCUT2D eigenvalue weighted by atomic mass is 32.1. The molecule has 1 heterocycles. The number of hydrogen-bond donors (Lipinski definition) is 2. The zero-order valence-electron chi connectivity index (χ0n) is 9.29. The Kier molecular flexibility index (Phi) is 5.10. The van der Waals surface area contributed by atoms with E-state index in [0.717, 1.165) is 0 Å². The van der Waals surface area contributed by atoms with E-state index in [0.29, 0.717) is 10.4 Å². The van der Waals surface area contributed by atoms with E-state index in [1.807, 2.05) is 6.07 Å². The van der Waals surface area contributed by atoms with Crippen molar-refractivity contribution in [1.29, 1.82) is 5.26 Å². The molecule has 17 heavy (non-hydrogen) atoms. The molecule has 5 nitrogen and oxygen atoms in total. The van der Waals surface area contributed by atoms with Gasteiger partial charge in [-0.05, 0) is 23.9 Å². The molecule has 1 aromatic heterocycles. The van der Waals surface area contributed by atoms with E-state index in [1.54, 1.807) is 12.3 Å². The van der Waals surface area contributed by atoms with Crippen molar-refractivity contribution in [2.45, 2.75) is 25.6 Å². The topological polar surface area (TPSA) is 90.6 Å². The Labute approximate surface area is 103 Å². The number of thiophene rings is 1. The standard InChI is InChI=1S/C11H13NO4S/c1-2-16-10(14)4-9(13)11(15)7-3-8(5-12)17-6-7/h3,6,9,11,13,15H,2,4H2,1H3. The van der Waals surface area contributed by atoms with Crippen LogP contribution in [0.2, 0.25) is 0 Å². The summed E-state index contributed by atoms with van der Waals surface area (Å²) in [5, 5.41) is 29.6. The summed E-state index contributed by atoms with van der Waals surface area (Å²) >= 11 is 1.18. The number of aliphatic hydroxyl groups is 2. The van der Waals surface area contributed by atoms with Gasteiger partial charge in [-0.15, -0.1) is 11.3 Å². The van der Waals surface area contributed by atoms with Crippen LogP contribution >= 0.6 is 11.3 Å². The molecule has 0 saturated heterocycles. The number of aliphatic hydroxyl groups excluding tert-OH is 2. The van der Waals surface area contributed by atoms with Crippen molar-refractivity contribution in [2.24, 2.45) is 0 Å². The number of carbonyl (C=O) groups is 1. The maximum absolute atomic E-state index is 11.1. The lowest BCUT2D eigenvalue weighted by Gasteiger charge is -2.15. The molecule has 2 N–H and O–H groups in total. The monoisotopic (exact) mass is 255 g/mol. The minimum absolute atomic E-state index is 0.235. The second-order valence-electron chi connectivity index (χ2n) is 3.38. The number of ether oxygens (including phenoxy) is 1. The maximum Gasteiger partial charge on any atom is 0.308 e. The first kappa shape index (κ1) is 13.6. The summed E-state index contributed by atoms with van der Waals surface area (Å²) in [4.78, 5) is 11.6. The molecular weight excluding hydrogens is 242 g/mol. The second-order valence-corrected chi connectivity index (χ2v) is 4.29. The number of nitriles is 1. The predicted molar refractivity (Wildman–Crippen MR) is 61.3 cm³/mol. The van der Waals surface area contributed by atoms with Crippen LogP contribution in [0.15, 0.2) is 11.4 Å². The first-order chi connectivity index (χ1) is 8.08. The molecule has 0 fully saturated rings. The fourth-order valence-corrected chi connectivity index (χ4v) is 2.02. The van der Waals surface area contributed by atoms with Crippen LogP contribution in [-0.4, -0.2) is 28.9 Å². The third-order valence-corrected chi connectivity index (χ3v) is 2.97. The lowest BCUT2D eigenvalue weighted by atomic mass is 10.1. The van der Waals surface area contributed by atoms with Gasteiger partial charge < -0.3 is 14.9 Å². The highest BCUT2D eigenvalue weighted by Gasteiger charge is 2.23. The fraction of sp³-hybridized carbons (Fsp3) is 0.455. The van der Waals surface area contributed by atoms with Crippen molar-refractivity contribution in [3.8, 4) is 6.07 Å².